The lowest BCUT2D eigenvalue weighted by atomic mass is 9.96. The Morgan fingerprint density at radius 3 is 2.20 bits per heavy atom. The third kappa shape index (κ3) is 4.47. The average Bonchev–Trinajstić information content (AvgIpc) is 3.03. The molecule has 11 heteroatoms. The first-order valence-electron chi connectivity index (χ1n) is 9.08. The molecule has 1 aliphatic carbocycles. The Balaban J connectivity index is 1.92. The minimum atomic E-state index is -1.63. The summed E-state index contributed by atoms with van der Waals surface area (Å²) in [7, 11) is 1.26. The van der Waals surface area contributed by atoms with Crippen LogP contribution in [0.4, 0.5) is 28.3 Å². The summed E-state index contributed by atoms with van der Waals surface area (Å²) in [6.45, 7) is 0. The van der Waals surface area contributed by atoms with E-state index in [9.17, 15) is 22.4 Å². The number of ether oxygens (including phenoxy) is 1. The number of halogens is 5. The van der Waals surface area contributed by atoms with Gasteiger partial charge in [0.05, 0.1) is 17.1 Å². The molecule has 0 unspecified atom stereocenters. The van der Waals surface area contributed by atoms with Crippen LogP contribution in [0, 0.1) is 23.3 Å². The molecule has 0 amide bonds. The van der Waals surface area contributed by atoms with Gasteiger partial charge in [-0.15, -0.1) is 11.3 Å². The second-order valence-electron chi connectivity index (χ2n) is 6.64. The second kappa shape index (κ2) is 9.61. The highest BCUT2D eigenvalue weighted by molar-refractivity contribution is 9.10. The van der Waals surface area contributed by atoms with Crippen molar-refractivity contribution < 1.29 is 27.1 Å². The Morgan fingerprint density at radius 1 is 1.00 bits per heavy atom. The van der Waals surface area contributed by atoms with Crippen LogP contribution in [0.15, 0.2) is 4.47 Å². The number of carbonyl (C=O) groups is 1. The number of thiocarbonyl (C=S) groups is 1. The molecule has 1 aliphatic rings. The van der Waals surface area contributed by atoms with Gasteiger partial charge in [-0.2, -0.15) is 0 Å². The summed E-state index contributed by atoms with van der Waals surface area (Å²) in [5.74, 6) is -6.99. The number of carbonyl (C=O) groups excluding carboxylic acids is 1. The summed E-state index contributed by atoms with van der Waals surface area (Å²) in [6, 6.07) is 0. The van der Waals surface area contributed by atoms with E-state index in [4.69, 9.17) is 17.0 Å². The van der Waals surface area contributed by atoms with Crippen molar-refractivity contribution in [2.45, 2.75) is 38.5 Å². The van der Waals surface area contributed by atoms with Gasteiger partial charge in [-0.3, -0.25) is 0 Å². The topological polar surface area (TPSA) is 50.4 Å². The number of methoxy groups -OCH3 is 1. The average molecular weight is 525 g/mol. The molecule has 0 saturated carbocycles. The van der Waals surface area contributed by atoms with E-state index >= 15 is 0 Å². The number of rotatable bonds is 3. The maximum Gasteiger partial charge on any atom is 0.341 e. The van der Waals surface area contributed by atoms with Crippen LogP contribution in [-0.2, 0) is 17.6 Å². The van der Waals surface area contributed by atoms with Crippen LogP contribution in [-0.4, -0.2) is 18.2 Å². The van der Waals surface area contributed by atoms with Gasteiger partial charge in [-0.1, -0.05) is 12.8 Å². The van der Waals surface area contributed by atoms with Gasteiger partial charge in [0.1, 0.15) is 10.7 Å². The van der Waals surface area contributed by atoms with Crippen LogP contribution < -0.4 is 10.6 Å². The molecule has 2 N–H and O–H groups in total. The van der Waals surface area contributed by atoms with E-state index in [1.807, 2.05) is 0 Å². The fraction of sp³-hybridized carbons (Fsp3) is 0.368. The summed E-state index contributed by atoms with van der Waals surface area (Å²) in [6.07, 6.45) is 5.53. The SMILES string of the molecule is COC(=O)c1c(NC(=S)Nc2c(F)c(F)c(Br)c(F)c2F)sc2c1CCCCCC2. The van der Waals surface area contributed by atoms with Crippen LogP contribution >= 0.6 is 39.5 Å². The van der Waals surface area contributed by atoms with Gasteiger partial charge < -0.3 is 15.4 Å². The molecule has 162 valence electrons. The maximum absolute atomic E-state index is 14.1. The lowest BCUT2D eigenvalue weighted by Gasteiger charge is -2.14. The molecule has 0 radical (unpaired) electrons. The fourth-order valence-corrected chi connectivity index (χ4v) is 5.19. The third-order valence-electron chi connectivity index (χ3n) is 4.74. The van der Waals surface area contributed by atoms with E-state index in [-0.39, 0.29) is 5.11 Å². The minimum Gasteiger partial charge on any atom is -0.465 e. The molecule has 1 heterocycles. The van der Waals surface area contributed by atoms with Gasteiger partial charge in [-0.25, -0.2) is 22.4 Å². The summed E-state index contributed by atoms with van der Waals surface area (Å²) in [4.78, 5) is 13.4. The van der Waals surface area contributed by atoms with E-state index < -0.39 is 39.4 Å². The Hall–Kier alpha value is -1.72. The van der Waals surface area contributed by atoms with Gasteiger partial charge in [0.25, 0.3) is 0 Å². The van der Waals surface area contributed by atoms with Crippen LogP contribution in [0.2, 0.25) is 0 Å². The summed E-state index contributed by atoms with van der Waals surface area (Å²) < 4.78 is 59.7. The molecule has 0 atom stereocenters. The quantitative estimate of drug-likeness (QED) is 0.162. The molecule has 4 nitrogen and oxygen atoms in total. The maximum atomic E-state index is 14.1. The van der Waals surface area contributed by atoms with Crippen molar-refractivity contribution in [3.05, 3.63) is 43.7 Å². The van der Waals surface area contributed by atoms with Gasteiger partial charge in [0.15, 0.2) is 28.4 Å². The normalized spacial score (nSPS) is 13.8. The Kier molecular flexibility index (Phi) is 7.35. The molecular weight excluding hydrogens is 508 g/mol. The Bertz CT molecular complexity index is 984. The number of thiophene rings is 1. The summed E-state index contributed by atoms with van der Waals surface area (Å²) >= 11 is 8.83. The van der Waals surface area contributed by atoms with Crippen molar-refractivity contribution in [1.82, 2.24) is 0 Å². The van der Waals surface area contributed by atoms with Crippen molar-refractivity contribution >= 4 is 61.3 Å². The van der Waals surface area contributed by atoms with Crippen molar-refractivity contribution in [1.29, 1.82) is 0 Å². The number of fused-ring (bicyclic) bond motifs is 1. The van der Waals surface area contributed by atoms with Crippen molar-refractivity contribution in [2.24, 2.45) is 0 Å². The van der Waals surface area contributed by atoms with E-state index in [1.54, 1.807) is 0 Å². The number of nitrogens with one attached hydrogen (secondary N) is 2. The number of esters is 1. The molecule has 2 aromatic rings. The zero-order valence-electron chi connectivity index (χ0n) is 15.8. The molecule has 0 fully saturated rings. The van der Waals surface area contributed by atoms with Crippen LogP contribution in [0.5, 0.6) is 0 Å². The van der Waals surface area contributed by atoms with Gasteiger partial charge in [-0.05, 0) is 59.4 Å². The predicted molar refractivity (Wildman–Crippen MR) is 115 cm³/mol. The van der Waals surface area contributed by atoms with E-state index in [0.29, 0.717) is 17.0 Å². The van der Waals surface area contributed by atoms with E-state index in [0.717, 1.165) is 42.5 Å². The molecule has 1 aromatic heterocycles. The van der Waals surface area contributed by atoms with Crippen molar-refractivity contribution in [3.63, 3.8) is 0 Å². The van der Waals surface area contributed by atoms with Crippen LogP contribution in [0.3, 0.4) is 0 Å². The van der Waals surface area contributed by atoms with Crippen LogP contribution in [0.25, 0.3) is 0 Å². The monoisotopic (exact) mass is 524 g/mol. The Labute approximate surface area is 188 Å². The number of hydrogen-bond acceptors (Lipinski definition) is 4. The Morgan fingerprint density at radius 2 is 1.60 bits per heavy atom. The summed E-state index contributed by atoms with van der Waals surface area (Å²) in [5.41, 5.74) is 0.118. The van der Waals surface area contributed by atoms with Crippen molar-refractivity contribution in [2.75, 3.05) is 17.7 Å². The zero-order valence-corrected chi connectivity index (χ0v) is 19.0. The highest BCUT2D eigenvalue weighted by Crippen LogP contribution is 2.38. The molecule has 0 aliphatic heterocycles. The largest absolute Gasteiger partial charge is 0.465 e. The fourth-order valence-electron chi connectivity index (χ4n) is 3.29. The van der Waals surface area contributed by atoms with Gasteiger partial charge >= 0.3 is 5.97 Å². The molecule has 0 spiro atoms. The standard InChI is InChI=1S/C19H17BrF4N2O2S2/c1-28-18(27)10-8-6-4-2-3-5-7-9(8)30-17(10)26-19(29)25-16-14(23)12(21)11(20)13(22)15(16)24/h2-7H2,1H3,(H2,25,26,29). The van der Waals surface area contributed by atoms with Crippen molar-refractivity contribution in [3.8, 4) is 0 Å². The summed E-state index contributed by atoms with van der Waals surface area (Å²) in [5, 5.41) is 4.90. The zero-order chi connectivity index (χ0) is 22.0. The molecule has 30 heavy (non-hydrogen) atoms. The van der Waals surface area contributed by atoms with E-state index in [2.05, 4.69) is 26.6 Å². The first-order valence-corrected chi connectivity index (χ1v) is 11.1. The van der Waals surface area contributed by atoms with E-state index in [1.165, 1.54) is 18.4 Å². The second-order valence-corrected chi connectivity index (χ2v) is 8.94. The molecule has 0 saturated heterocycles. The molecule has 3 rings (SSSR count). The highest BCUT2D eigenvalue weighted by atomic mass is 79.9. The number of benzene rings is 1. The van der Waals surface area contributed by atoms with Crippen LogP contribution in [0.1, 0.15) is 46.5 Å². The first-order chi connectivity index (χ1) is 14.3. The first kappa shape index (κ1) is 23.0. The molecule has 0 bridgehead atoms. The number of anilines is 2. The molecular formula is C19H17BrF4N2O2S2. The van der Waals surface area contributed by atoms with Gasteiger partial charge in [0, 0.05) is 4.88 Å². The smallest absolute Gasteiger partial charge is 0.341 e. The van der Waals surface area contributed by atoms with Gasteiger partial charge in [0.2, 0.25) is 0 Å². The number of hydrogen-bond donors (Lipinski definition) is 2. The number of aryl methyl sites for hydroxylation is 1. The molecule has 1 aromatic carbocycles. The lowest BCUT2D eigenvalue weighted by Crippen LogP contribution is -2.22. The third-order valence-corrected chi connectivity index (χ3v) is 6.84. The highest BCUT2D eigenvalue weighted by Gasteiger charge is 2.27. The lowest BCUT2D eigenvalue weighted by molar-refractivity contribution is 0.0601. The minimum absolute atomic E-state index is 0.317. The predicted octanol–water partition coefficient (Wildman–Crippen LogP) is 6.32.